The van der Waals surface area contributed by atoms with E-state index in [1.807, 2.05) is 47.1 Å². The molecule has 3 nitrogen and oxygen atoms in total. The third kappa shape index (κ3) is 2.90. The molecule has 0 fully saturated rings. The molecule has 0 amide bonds. The van der Waals surface area contributed by atoms with Gasteiger partial charge in [-0.3, -0.25) is 0 Å². The molecule has 0 aliphatic rings. The van der Waals surface area contributed by atoms with Gasteiger partial charge >= 0.3 is 0 Å². The number of halogens is 1. The second-order valence-corrected chi connectivity index (χ2v) is 6.09. The highest BCUT2D eigenvalue weighted by molar-refractivity contribution is 9.10. The van der Waals surface area contributed by atoms with Crippen LogP contribution in [0.25, 0.3) is 22.8 Å². The summed E-state index contributed by atoms with van der Waals surface area (Å²) in [5, 5.41) is 4.68. The first-order chi connectivity index (χ1) is 10.1. The topological polar surface area (TPSA) is 30.7 Å². The second kappa shape index (κ2) is 5.82. The van der Waals surface area contributed by atoms with Gasteiger partial charge < -0.3 is 0 Å². The Morgan fingerprint density at radius 2 is 1.67 bits per heavy atom. The maximum absolute atomic E-state index is 4.74. The number of hydrogen-bond donors (Lipinski definition) is 0. The van der Waals surface area contributed by atoms with Crippen LogP contribution in [-0.4, -0.2) is 14.8 Å². The fourth-order valence-corrected chi connectivity index (χ4v) is 2.62. The highest BCUT2D eigenvalue weighted by Gasteiger charge is 2.15. The molecule has 0 unspecified atom stereocenters. The summed E-state index contributed by atoms with van der Waals surface area (Å²) in [5.41, 5.74) is 2.10. The minimum atomic E-state index is 0.258. The Morgan fingerprint density at radius 1 is 0.952 bits per heavy atom. The summed E-state index contributed by atoms with van der Waals surface area (Å²) in [5.74, 6) is 1.66. The lowest BCUT2D eigenvalue weighted by Gasteiger charge is -2.08. The summed E-state index contributed by atoms with van der Waals surface area (Å²) in [6.45, 7) is 4.23. The van der Waals surface area contributed by atoms with Crippen LogP contribution in [0.3, 0.4) is 0 Å². The summed E-state index contributed by atoms with van der Waals surface area (Å²) in [4.78, 5) is 4.74. The molecule has 21 heavy (non-hydrogen) atoms. The molecule has 106 valence electrons. The van der Waals surface area contributed by atoms with Gasteiger partial charge in [0.25, 0.3) is 0 Å². The van der Waals surface area contributed by atoms with Crippen molar-refractivity contribution in [1.29, 1.82) is 0 Å². The predicted octanol–water partition coefficient (Wildman–Crippen LogP) is 4.96. The van der Waals surface area contributed by atoms with Crippen LogP contribution in [0.5, 0.6) is 0 Å². The molecule has 3 rings (SSSR count). The fraction of sp³-hybridized carbons (Fsp3) is 0.176. The molecule has 4 heteroatoms. The van der Waals surface area contributed by atoms with Gasteiger partial charge in [-0.15, -0.1) is 0 Å². The largest absolute Gasteiger partial charge is 0.243 e. The summed E-state index contributed by atoms with van der Waals surface area (Å²) in [7, 11) is 0. The molecule has 1 heterocycles. The van der Waals surface area contributed by atoms with Crippen molar-refractivity contribution in [3.05, 3.63) is 59.1 Å². The number of hydrogen-bond acceptors (Lipinski definition) is 2. The van der Waals surface area contributed by atoms with Crippen molar-refractivity contribution in [3.63, 3.8) is 0 Å². The third-order valence-corrected chi connectivity index (χ3v) is 3.73. The third-order valence-electron chi connectivity index (χ3n) is 3.24. The standard InChI is InChI=1S/C17H16BrN3/c1-12(2)21-17(13-7-4-3-5-8-13)19-16(20-21)14-9-6-10-15(18)11-14/h3-12H,1-2H3. The fourth-order valence-electron chi connectivity index (χ4n) is 2.22. The van der Waals surface area contributed by atoms with Crippen molar-refractivity contribution < 1.29 is 0 Å². The quantitative estimate of drug-likeness (QED) is 0.674. The zero-order valence-corrected chi connectivity index (χ0v) is 13.6. The van der Waals surface area contributed by atoms with E-state index in [4.69, 9.17) is 4.98 Å². The lowest BCUT2D eigenvalue weighted by Crippen LogP contribution is -2.05. The average molecular weight is 342 g/mol. The molecule has 3 aromatic rings. The van der Waals surface area contributed by atoms with Crippen LogP contribution in [0.15, 0.2) is 59.1 Å². The van der Waals surface area contributed by atoms with E-state index in [0.717, 1.165) is 27.2 Å². The summed E-state index contributed by atoms with van der Waals surface area (Å²) >= 11 is 3.50. The van der Waals surface area contributed by atoms with Crippen LogP contribution >= 0.6 is 15.9 Å². The highest BCUT2D eigenvalue weighted by Crippen LogP contribution is 2.26. The Balaban J connectivity index is 2.13. The van der Waals surface area contributed by atoms with Gasteiger partial charge in [-0.2, -0.15) is 5.10 Å². The minimum absolute atomic E-state index is 0.258. The van der Waals surface area contributed by atoms with Gasteiger partial charge in [-0.1, -0.05) is 58.4 Å². The monoisotopic (exact) mass is 341 g/mol. The second-order valence-electron chi connectivity index (χ2n) is 5.17. The van der Waals surface area contributed by atoms with Crippen molar-refractivity contribution in [1.82, 2.24) is 14.8 Å². The molecule has 0 spiro atoms. The highest BCUT2D eigenvalue weighted by atomic mass is 79.9. The number of aromatic nitrogens is 3. The summed E-state index contributed by atoms with van der Waals surface area (Å²) < 4.78 is 3.01. The molecular formula is C17H16BrN3. The van der Waals surface area contributed by atoms with E-state index in [2.05, 4.69) is 47.0 Å². The summed E-state index contributed by atoms with van der Waals surface area (Å²) in [6, 6.07) is 18.5. The minimum Gasteiger partial charge on any atom is -0.243 e. The normalized spacial score (nSPS) is 11.0. The number of rotatable bonds is 3. The van der Waals surface area contributed by atoms with Crippen LogP contribution in [0.1, 0.15) is 19.9 Å². The van der Waals surface area contributed by atoms with Crippen molar-refractivity contribution in [3.8, 4) is 22.8 Å². The maximum atomic E-state index is 4.74. The SMILES string of the molecule is CC(C)n1nc(-c2cccc(Br)c2)nc1-c1ccccc1. The van der Waals surface area contributed by atoms with E-state index < -0.39 is 0 Å². The van der Waals surface area contributed by atoms with Crippen LogP contribution in [0.4, 0.5) is 0 Å². The maximum Gasteiger partial charge on any atom is 0.181 e. The molecule has 0 bridgehead atoms. The van der Waals surface area contributed by atoms with Crippen LogP contribution < -0.4 is 0 Å². The lowest BCUT2D eigenvalue weighted by atomic mass is 10.2. The van der Waals surface area contributed by atoms with Gasteiger partial charge in [0.15, 0.2) is 11.6 Å². The molecule has 0 atom stereocenters. The van der Waals surface area contributed by atoms with E-state index in [1.54, 1.807) is 0 Å². The zero-order chi connectivity index (χ0) is 14.8. The van der Waals surface area contributed by atoms with E-state index >= 15 is 0 Å². The van der Waals surface area contributed by atoms with E-state index in [-0.39, 0.29) is 6.04 Å². The first kappa shape index (κ1) is 14.0. The van der Waals surface area contributed by atoms with Gasteiger partial charge in [-0.05, 0) is 26.0 Å². The van der Waals surface area contributed by atoms with Crippen molar-refractivity contribution in [2.75, 3.05) is 0 Å². The Hall–Kier alpha value is -1.94. The van der Waals surface area contributed by atoms with Gasteiger partial charge in [0.05, 0.1) is 0 Å². The van der Waals surface area contributed by atoms with Crippen molar-refractivity contribution in [2.45, 2.75) is 19.9 Å². The molecule has 0 aliphatic heterocycles. The van der Waals surface area contributed by atoms with Gasteiger partial charge in [0.2, 0.25) is 0 Å². The number of nitrogens with zero attached hydrogens (tertiary/aromatic N) is 3. The predicted molar refractivity (Wildman–Crippen MR) is 89.0 cm³/mol. The average Bonchev–Trinajstić information content (AvgIpc) is 2.93. The molecule has 0 saturated heterocycles. The van der Waals surface area contributed by atoms with Crippen molar-refractivity contribution >= 4 is 15.9 Å². The van der Waals surface area contributed by atoms with Gasteiger partial charge in [-0.25, -0.2) is 9.67 Å². The molecule has 0 saturated carbocycles. The lowest BCUT2D eigenvalue weighted by molar-refractivity contribution is 0.539. The van der Waals surface area contributed by atoms with Crippen LogP contribution in [0.2, 0.25) is 0 Å². The first-order valence-corrected chi connectivity index (χ1v) is 7.72. The zero-order valence-electron chi connectivity index (χ0n) is 12.0. The molecule has 1 aromatic heterocycles. The van der Waals surface area contributed by atoms with Gasteiger partial charge in [0, 0.05) is 21.6 Å². The summed E-state index contributed by atoms with van der Waals surface area (Å²) in [6.07, 6.45) is 0. The van der Waals surface area contributed by atoms with Gasteiger partial charge in [0.1, 0.15) is 0 Å². The molecule has 0 aliphatic carbocycles. The molecule has 0 N–H and O–H groups in total. The van der Waals surface area contributed by atoms with E-state index in [9.17, 15) is 0 Å². The Labute approximate surface area is 132 Å². The van der Waals surface area contributed by atoms with E-state index in [0.29, 0.717) is 0 Å². The Kier molecular flexibility index (Phi) is 3.88. The Bertz CT molecular complexity index is 748. The van der Waals surface area contributed by atoms with Crippen molar-refractivity contribution in [2.24, 2.45) is 0 Å². The first-order valence-electron chi connectivity index (χ1n) is 6.93. The smallest absolute Gasteiger partial charge is 0.181 e. The molecular weight excluding hydrogens is 326 g/mol. The number of benzene rings is 2. The van der Waals surface area contributed by atoms with Crippen LogP contribution in [-0.2, 0) is 0 Å². The Morgan fingerprint density at radius 3 is 2.33 bits per heavy atom. The molecule has 2 aromatic carbocycles. The molecule has 0 radical (unpaired) electrons. The van der Waals surface area contributed by atoms with Crippen LogP contribution in [0, 0.1) is 0 Å². The van der Waals surface area contributed by atoms with E-state index in [1.165, 1.54) is 0 Å².